The minimum absolute atomic E-state index is 0.250. The molecule has 1 aromatic rings. The number of benzene rings is 1. The molecule has 110 valence electrons. The second-order valence-corrected chi connectivity index (χ2v) is 6.10. The Bertz CT molecular complexity index is 611. The molecule has 21 heavy (non-hydrogen) atoms. The summed E-state index contributed by atoms with van der Waals surface area (Å²) in [4.78, 5) is 26.3. The quantitative estimate of drug-likeness (QED) is 0.864. The fourth-order valence-electron chi connectivity index (χ4n) is 2.54. The molecular weight excluding hydrogens is 288 g/mol. The van der Waals surface area contributed by atoms with E-state index in [1.807, 2.05) is 6.07 Å². The van der Waals surface area contributed by atoms with Crippen LogP contribution in [0.2, 0.25) is 0 Å². The van der Waals surface area contributed by atoms with Crippen LogP contribution < -0.4 is 0 Å². The topological polar surface area (TPSA) is 81.4 Å². The molecule has 0 saturated carbocycles. The lowest BCUT2D eigenvalue weighted by molar-refractivity contribution is -0.147. The van der Waals surface area contributed by atoms with E-state index in [1.165, 1.54) is 16.7 Å². The van der Waals surface area contributed by atoms with Crippen molar-refractivity contribution in [3.63, 3.8) is 0 Å². The lowest BCUT2D eigenvalue weighted by Gasteiger charge is -2.31. The molecule has 6 heteroatoms. The van der Waals surface area contributed by atoms with Gasteiger partial charge < -0.3 is 10.0 Å². The maximum absolute atomic E-state index is 12.7. The van der Waals surface area contributed by atoms with Gasteiger partial charge in [0.05, 0.1) is 17.4 Å². The highest BCUT2D eigenvalue weighted by molar-refractivity contribution is 7.99. The molecule has 1 amide bonds. The normalized spacial score (nSPS) is 21.0. The highest BCUT2D eigenvalue weighted by atomic mass is 32.2. The number of carboxylic acids is 1. The van der Waals surface area contributed by atoms with Crippen LogP contribution in [0.25, 0.3) is 0 Å². The minimum atomic E-state index is -1.15. The largest absolute Gasteiger partial charge is 0.480 e. The number of nitriles is 1. The third-order valence-electron chi connectivity index (χ3n) is 3.76. The van der Waals surface area contributed by atoms with Crippen LogP contribution in [0.4, 0.5) is 0 Å². The number of likely N-dealkylation sites (tertiary alicyclic amines) is 1. The van der Waals surface area contributed by atoms with Gasteiger partial charge in [0, 0.05) is 11.4 Å². The Labute approximate surface area is 127 Å². The zero-order valence-electron chi connectivity index (χ0n) is 11.7. The number of hydrogen-bond acceptors (Lipinski definition) is 4. The lowest BCUT2D eigenvalue weighted by Crippen LogP contribution is -2.50. The maximum Gasteiger partial charge on any atom is 0.329 e. The van der Waals surface area contributed by atoms with Gasteiger partial charge in [-0.15, -0.1) is 11.8 Å². The smallest absolute Gasteiger partial charge is 0.329 e. The Balaban J connectivity index is 2.32. The lowest BCUT2D eigenvalue weighted by atomic mass is 9.98. The SMILES string of the molecule is CC1(C(=O)O)CCCN1C(=O)c1ccccc1SCC#N. The van der Waals surface area contributed by atoms with Crippen LogP contribution in [0, 0.1) is 11.3 Å². The molecule has 5 nitrogen and oxygen atoms in total. The molecule has 2 rings (SSSR count). The number of nitrogens with zero attached hydrogens (tertiary/aromatic N) is 2. The summed E-state index contributed by atoms with van der Waals surface area (Å²) in [6, 6.07) is 9.04. The average molecular weight is 304 g/mol. The third-order valence-corrected chi connectivity index (χ3v) is 4.70. The van der Waals surface area contributed by atoms with E-state index < -0.39 is 11.5 Å². The van der Waals surface area contributed by atoms with Gasteiger partial charge in [0.1, 0.15) is 5.54 Å². The van der Waals surface area contributed by atoms with Gasteiger partial charge in [-0.05, 0) is 31.9 Å². The summed E-state index contributed by atoms with van der Waals surface area (Å²) in [5, 5.41) is 18.1. The maximum atomic E-state index is 12.7. The predicted molar refractivity (Wildman–Crippen MR) is 79.1 cm³/mol. The van der Waals surface area contributed by atoms with Crippen LogP contribution in [0.1, 0.15) is 30.1 Å². The highest BCUT2D eigenvalue weighted by Crippen LogP contribution is 2.33. The van der Waals surface area contributed by atoms with Crippen molar-refractivity contribution in [3.05, 3.63) is 29.8 Å². The number of carboxylic acid groups (broad SMARTS) is 1. The molecule has 0 radical (unpaired) electrons. The van der Waals surface area contributed by atoms with E-state index in [4.69, 9.17) is 5.26 Å². The Morgan fingerprint density at radius 2 is 2.19 bits per heavy atom. The molecule has 1 heterocycles. The molecule has 1 aromatic carbocycles. The third kappa shape index (κ3) is 2.88. The monoisotopic (exact) mass is 304 g/mol. The number of carbonyl (C=O) groups is 2. The average Bonchev–Trinajstić information content (AvgIpc) is 2.88. The summed E-state index contributed by atoms with van der Waals surface area (Å²) in [7, 11) is 0. The standard InChI is InChI=1S/C15H16N2O3S/c1-15(14(19)20)7-4-9-17(15)13(18)11-5-2-3-6-12(11)21-10-8-16/h2-3,5-6H,4,7,9-10H2,1H3,(H,19,20). The summed E-state index contributed by atoms with van der Waals surface area (Å²) in [5.41, 5.74) is -0.684. The van der Waals surface area contributed by atoms with Crippen LogP contribution in [0.5, 0.6) is 0 Å². The molecule has 0 spiro atoms. The van der Waals surface area contributed by atoms with Gasteiger partial charge in [0.2, 0.25) is 0 Å². The van der Waals surface area contributed by atoms with Crippen molar-refractivity contribution >= 4 is 23.6 Å². The Kier molecular flexibility index (Phi) is 4.53. The van der Waals surface area contributed by atoms with Crippen LogP contribution in [-0.4, -0.2) is 39.7 Å². The first-order valence-electron chi connectivity index (χ1n) is 6.65. The van der Waals surface area contributed by atoms with Crippen LogP contribution in [0.3, 0.4) is 0 Å². The van der Waals surface area contributed by atoms with E-state index in [2.05, 4.69) is 0 Å². The molecule has 0 bridgehead atoms. The van der Waals surface area contributed by atoms with E-state index in [-0.39, 0.29) is 11.7 Å². The molecule has 0 aliphatic carbocycles. The van der Waals surface area contributed by atoms with E-state index in [1.54, 1.807) is 31.2 Å². The van der Waals surface area contributed by atoms with Crippen molar-refractivity contribution in [3.8, 4) is 6.07 Å². The summed E-state index contributed by atoms with van der Waals surface area (Å²) in [6.45, 7) is 2.03. The van der Waals surface area contributed by atoms with Gasteiger partial charge in [-0.1, -0.05) is 12.1 Å². The van der Waals surface area contributed by atoms with E-state index >= 15 is 0 Å². The summed E-state index contributed by atoms with van der Waals surface area (Å²) < 4.78 is 0. The molecule has 1 aliphatic rings. The number of aliphatic carboxylic acids is 1. The van der Waals surface area contributed by atoms with Crippen molar-refractivity contribution < 1.29 is 14.7 Å². The second-order valence-electron chi connectivity index (χ2n) is 5.08. The number of amides is 1. The minimum Gasteiger partial charge on any atom is -0.480 e. The van der Waals surface area contributed by atoms with Crippen LogP contribution >= 0.6 is 11.8 Å². The van der Waals surface area contributed by atoms with Gasteiger partial charge in [-0.3, -0.25) is 4.79 Å². The van der Waals surface area contributed by atoms with E-state index in [9.17, 15) is 14.7 Å². The van der Waals surface area contributed by atoms with Crippen molar-refractivity contribution in [1.82, 2.24) is 4.90 Å². The second kappa shape index (κ2) is 6.19. The van der Waals surface area contributed by atoms with Crippen molar-refractivity contribution in [2.24, 2.45) is 0 Å². The zero-order valence-corrected chi connectivity index (χ0v) is 12.5. The fraction of sp³-hybridized carbons (Fsp3) is 0.400. The number of rotatable bonds is 4. The summed E-state index contributed by atoms with van der Waals surface area (Å²) >= 11 is 1.29. The number of carbonyl (C=O) groups excluding carboxylic acids is 1. The molecule has 1 saturated heterocycles. The van der Waals surface area contributed by atoms with Crippen LogP contribution in [-0.2, 0) is 4.79 Å². The first-order chi connectivity index (χ1) is 10.0. The molecule has 1 atom stereocenters. The summed E-state index contributed by atoms with van der Waals surface area (Å²) in [5.74, 6) is -1.01. The molecule has 1 unspecified atom stereocenters. The molecule has 1 N–H and O–H groups in total. The first-order valence-corrected chi connectivity index (χ1v) is 7.63. The predicted octanol–water partition coefficient (Wildman–Crippen LogP) is 2.38. The Hall–Kier alpha value is -2.00. The Morgan fingerprint density at radius 1 is 1.48 bits per heavy atom. The number of hydrogen-bond donors (Lipinski definition) is 1. The van der Waals surface area contributed by atoms with Crippen molar-refractivity contribution in [2.45, 2.75) is 30.2 Å². The van der Waals surface area contributed by atoms with Gasteiger partial charge in [-0.2, -0.15) is 5.26 Å². The number of thioether (sulfide) groups is 1. The van der Waals surface area contributed by atoms with E-state index in [0.29, 0.717) is 29.8 Å². The Morgan fingerprint density at radius 3 is 2.86 bits per heavy atom. The van der Waals surface area contributed by atoms with Gasteiger partial charge in [0.15, 0.2) is 0 Å². The van der Waals surface area contributed by atoms with Crippen molar-refractivity contribution in [2.75, 3.05) is 12.3 Å². The molecule has 0 aromatic heterocycles. The molecule has 1 fully saturated rings. The van der Waals surface area contributed by atoms with Gasteiger partial charge in [-0.25, -0.2) is 4.79 Å². The highest BCUT2D eigenvalue weighted by Gasteiger charge is 2.46. The van der Waals surface area contributed by atoms with Crippen LogP contribution in [0.15, 0.2) is 29.2 Å². The first kappa shape index (κ1) is 15.4. The zero-order chi connectivity index (χ0) is 15.5. The fourth-order valence-corrected chi connectivity index (χ4v) is 3.24. The summed E-state index contributed by atoms with van der Waals surface area (Å²) in [6.07, 6.45) is 1.14. The van der Waals surface area contributed by atoms with Gasteiger partial charge >= 0.3 is 5.97 Å². The molecule has 1 aliphatic heterocycles. The van der Waals surface area contributed by atoms with Crippen molar-refractivity contribution in [1.29, 1.82) is 5.26 Å². The molecular formula is C15H16N2O3S. The van der Waals surface area contributed by atoms with Gasteiger partial charge in [0.25, 0.3) is 5.91 Å². The van der Waals surface area contributed by atoms with E-state index in [0.717, 1.165) is 0 Å².